The summed E-state index contributed by atoms with van der Waals surface area (Å²) in [5.74, 6) is 3.52. The third kappa shape index (κ3) is 7.42. The number of guanidine groups is 1. The Hall–Kier alpha value is -4.37. The first-order chi connectivity index (χ1) is 25.6. The van der Waals surface area contributed by atoms with Gasteiger partial charge in [0.2, 0.25) is 0 Å². The minimum absolute atomic E-state index is 0.0556. The molecule has 0 radical (unpaired) electrons. The average Bonchev–Trinajstić information content (AvgIpc) is 3.12. The van der Waals surface area contributed by atoms with Crippen LogP contribution in [0.4, 0.5) is 0 Å². The van der Waals surface area contributed by atoms with E-state index in [1.165, 1.54) is 5.56 Å². The summed E-state index contributed by atoms with van der Waals surface area (Å²) in [4.78, 5) is 4.30. The number of hydrogen-bond acceptors (Lipinski definition) is 7. The molecular weight excluding hydrogens is 666 g/mol. The van der Waals surface area contributed by atoms with Crippen molar-refractivity contribution in [3.63, 3.8) is 0 Å². The van der Waals surface area contributed by atoms with E-state index in [0.717, 1.165) is 96.9 Å². The number of ether oxygens (including phenoxy) is 3. The van der Waals surface area contributed by atoms with Crippen molar-refractivity contribution in [1.82, 2.24) is 0 Å². The van der Waals surface area contributed by atoms with Crippen LogP contribution in [0, 0.1) is 23.7 Å². The summed E-state index contributed by atoms with van der Waals surface area (Å²) < 4.78 is 19.6. The van der Waals surface area contributed by atoms with Gasteiger partial charge < -0.3 is 41.0 Å². The van der Waals surface area contributed by atoms with Gasteiger partial charge in [-0.05, 0) is 96.0 Å². The van der Waals surface area contributed by atoms with Crippen LogP contribution < -0.4 is 25.7 Å². The Balaban J connectivity index is 1.23. The lowest BCUT2D eigenvalue weighted by atomic mass is 9.68. The molecule has 0 spiro atoms. The fourth-order valence-corrected chi connectivity index (χ4v) is 9.51. The van der Waals surface area contributed by atoms with Gasteiger partial charge in [0.25, 0.3) is 0 Å². The summed E-state index contributed by atoms with van der Waals surface area (Å²) in [5.41, 5.74) is 18.5. The molecule has 0 saturated heterocycles. The average molecular weight is 724 g/mol. The summed E-state index contributed by atoms with van der Waals surface area (Å²) in [6.45, 7) is 7.05. The van der Waals surface area contributed by atoms with E-state index in [4.69, 9.17) is 25.7 Å². The second-order valence-corrected chi connectivity index (χ2v) is 16.2. The number of aromatic hydroxyl groups is 2. The normalized spacial score (nSPS) is 25.5. The second-order valence-electron chi connectivity index (χ2n) is 16.2. The zero-order chi connectivity index (χ0) is 37.4. The van der Waals surface area contributed by atoms with Crippen LogP contribution in [0.5, 0.6) is 28.7 Å². The monoisotopic (exact) mass is 723 g/mol. The van der Waals surface area contributed by atoms with E-state index in [-0.39, 0.29) is 41.5 Å². The number of phenols is 2. The molecule has 7 N–H and O–H groups in total. The number of fused-ring (bicyclic) bond motifs is 7. The number of aliphatic hydroxyl groups excluding tert-OH is 1. The Labute approximate surface area is 314 Å². The van der Waals surface area contributed by atoms with Gasteiger partial charge in [-0.15, -0.1) is 0 Å². The first kappa shape index (κ1) is 37.0. The predicted molar refractivity (Wildman–Crippen MR) is 209 cm³/mol. The smallest absolute Gasteiger partial charge is 0.185 e. The van der Waals surface area contributed by atoms with Crippen molar-refractivity contribution in [2.45, 2.75) is 109 Å². The van der Waals surface area contributed by atoms with Crippen LogP contribution in [-0.4, -0.2) is 47.1 Å². The third-order valence-corrected chi connectivity index (χ3v) is 12.0. The van der Waals surface area contributed by atoms with Gasteiger partial charge in [0.1, 0.15) is 29.5 Å². The van der Waals surface area contributed by atoms with E-state index in [2.05, 4.69) is 44.0 Å². The zero-order valence-electron chi connectivity index (χ0n) is 31.7. The fourth-order valence-electron chi connectivity index (χ4n) is 9.51. The topological polar surface area (TPSA) is 153 Å². The molecule has 3 aromatic rings. The Morgan fingerprint density at radius 3 is 2.58 bits per heavy atom. The Morgan fingerprint density at radius 1 is 1.00 bits per heavy atom. The maximum absolute atomic E-state index is 11.9. The van der Waals surface area contributed by atoms with Crippen molar-refractivity contribution < 1.29 is 29.5 Å². The van der Waals surface area contributed by atoms with Gasteiger partial charge in [-0.3, -0.25) is 4.99 Å². The highest BCUT2D eigenvalue weighted by Crippen LogP contribution is 2.54. The molecule has 0 unspecified atom stereocenters. The van der Waals surface area contributed by atoms with Gasteiger partial charge in [0.05, 0.1) is 13.2 Å². The molecule has 1 heterocycles. The molecule has 0 amide bonds. The van der Waals surface area contributed by atoms with Crippen LogP contribution in [0.1, 0.15) is 106 Å². The van der Waals surface area contributed by atoms with Crippen molar-refractivity contribution >= 4 is 5.96 Å². The first-order valence-electron chi connectivity index (χ1n) is 19.7. The van der Waals surface area contributed by atoms with Crippen molar-refractivity contribution in [2.24, 2.45) is 40.1 Å². The molecular formula is C44H57N3O6. The Kier molecular flexibility index (Phi) is 10.8. The van der Waals surface area contributed by atoms with E-state index < -0.39 is 12.2 Å². The highest BCUT2D eigenvalue weighted by atomic mass is 16.5. The molecule has 3 aliphatic carbocycles. The zero-order valence-corrected chi connectivity index (χ0v) is 31.7. The summed E-state index contributed by atoms with van der Waals surface area (Å²) in [5, 5.41) is 34.0. The van der Waals surface area contributed by atoms with E-state index in [1.807, 2.05) is 24.3 Å². The van der Waals surface area contributed by atoms with Gasteiger partial charge in [-0.1, -0.05) is 64.7 Å². The lowest BCUT2D eigenvalue weighted by Crippen LogP contribution is -2.44. The number of nitrogens with two attached hydrogens (primary N) is 2. The Bertz CT molecular complexity index is 1870. The highest BCUT2D eigenvalue weighted by Gasteiger charge is 2.42. The number of aliphatic imine (C=N–C) groups is 1. The molecule has 284 valence electrons. The van der Waals surface area contributed by atoms with Crippen LogP contribution in [0.3, 0.4) is 0 Å². The molecule has 9 heteroatoms. The van der Waals surface area contributed by atoms with Crippen molar-refractivity contribution in [1.29, 1.82) is 0 Å². The summed E-state index contributed by atoms with van der Waals surface area (Å²) in [6.07, 6.45) is 12.3. The van der Waals surface area contributed by atoms with Gasteiger partial charge >= 0.3 is 0 Å². The molecule has 53 heavy (non-hydrogen) atoms. The number of aliphatic hydroxyl groups is 1. The van der Waals surface area contributed by atoms with E-state index in [9.17, 15) is 15.3 Å². The third-order valence-electron chi connectivity index (χ3n) is 12.0. The molecule has 7 atom stereocenters. The number of unbranched alkanes of at least 4 members (excludes halogenated alkanes) is 2. The number of benzene rings is 3. The molecule has 9 nitrogen and oxygen atoms in total. The predicted octanol–water partition coefficient (Wildman–Crippen LogP) is 7.85. The maximum atomic E-state index is 11.9. The molecule has 2 bridgehead atoms. The SMILES string of the molecule is CCCCC[C@H]1Cc2cc(O)c(CC(C)C)cc2-c2c(OC)cc3c(c21)C[C@@H](O)[C@H](c1ccc(O)c(O[C@H]2[C@@H]4CCC[C@H]2C=C[C@H]4CN=C(N)N)c1)O3. The van der Waals surface area contributed by atoms with Crippen LogP contribution in [0.2, 0.25) is 0 Å². The first-order valence-corrected chi connectivity index (χ1v) is 19.7. The second kappa shape index (κ2) is 15.5. The van der Waals surface area contributed by atoms with Gasteiger partial charge in [0.15, 0.2) is 17.5 Å². The minimum Gasteiger partial charge on any atom is -0.508 e. The lowest BCUT2D eigenvalue weighted by Gasteiger charge is -2.43. The molecule has 4 aliphatic rings. The van der Waals surface area contributed by atoms with Gasteiger partial charge in [0, 0.05) is 47.9 Å². The summed E-state index contributed by atoms with van der Waals surface area (Å²) >= 11 is 0. The van der Waals surface area contributed by atoms with E-state index in [1.54, 1.807) is 13.2 Å². The minimum atomic E-state index is -0.827. The largest absolute Gasteiger partial charge is 0.508 e. The molecule has 1 aliphatic heterocycles. The highest BCUT2D eigenvalue weighted by molar-refractivity contribution is 5.83. The van der Waals surface area contributed by atoms with Crippen LogP contribution >= 0.6 is 0 Å². The van der Waals surface area contributed by atoms with Gasteiger partial charge in [-0.25, -0.2) is 0 Å². The number of hydrogen-bond donors (Lipinski definition) is 5. The summed E-state index contributed by atoms with van der Waals surface area (Å²) in [6, 6.07) is 11.4. The number of phenolic OH excluding ortho intramolecular Hbond substituents is 2. The maximum Gasteiger partial charge on any atom is 0.185 e. The van der Waals surface area contributed by atoms with E-state index >= 15 is 0 Å². The van der Waals surface area contributed by atoms with E-state index in [0.29, 0.717) is 36.1 Å². The quantitative estimate of drug-likeness (QED) is 0.0548. The van der Waals surface area contributed by atoms with Crippen LogP contribution in [-0.2, 0) is 19.3 Å². The van der Waals surface area contributed by atoms with Crippen LogP contribution in [0.25, 0.3) is 11.1 Å². The van der Waals surface area contributed by atoms with Crippen LogP contribution in [0.15, 0.2) is 53.5 Å². The standard InChI is InChI=1S/C44H57N3O6/c1-5-6-7-9-26-17-29-19-35(49)30(16-24(2)3)18-32(29)41-39(51-4)22-37-33(40(26)41)21-36(50)43(52-37)27-14-15-34(48)38(20-27)53-42-25-10-8-11-31(42)28(13-12-25)23-47-44(45)46/h12-15,18-20,22,24-26,28,31,36,42-43,48-50H,5-11,16-17,21,23H2,1-4H3,(H4,45,46,47)/t25-,26-,28-,31+,36+,42+,43-/m0/s1. The fraction of sp³-hybridized carbons (Fsp3) is 0.523. The lowest BCUT2D eigenvalue weighted by molar-refractivity contribution is 0.0181. The Morgan fingerprint density at radius 2 is 1.83 bits per heavy atom. The molecule has 7 rings (SSSR count). The molecule has 3 aromatic carbocycles. The molecule has 0 aromatic heterocycles. The van der Waals surface area contributed by atoms with Gasteiger partial charge in [-0.2, -0.15) is 0 Å². The number of methoxy groups -OCH3 is 1. The molecule has 1 fully saturated rings. The summed E-state index contributed by atoms with van der Waals surface area (Å²) in [7, 11) is 1.70. The van der Waals surface area contributed by atoms with Crippen molar-refractivity contribution in [2.75, 3.05) is 13.7 Å². The van der Waals surface area contributed by atoms with Crippen molar-refractivity contribution in [3.05, 3.63) is 76.4 Å². The number of rotatable bonds is 12. The number of nitrogens with zero attached hydrogens (tertiary/aromatic N) is 1. The molecule has 1 saturated carbocycles. The van der Waals surface area contributed by atoms with Crippen molar-refractivity contribution in [3.8, 4) is 39.9 Å².